The Morgan fingerprint density at radius 3 is 2.67 bits per heavy atom. The van der Waals surface area contributed by atoms with Gasteiger partial charge in [-0.05, 0) is 37.0 Å². The number of aliphatic carboxylic acids is 1. The first kappa shape index (κ1) is 24.7. The number of nitrogens with one attached hydrogen (secondary N) is 1. The Morgan fingerprint density at radius 1 is 1.17 bits per heavy atom. The Kier molecular flexibility index (Phi) is 10.1. The maximum atomic E-state index is 12.6. The molecule has 6 nitrogen and oxygen atoms in total. The van der Waals surface area contributed by atoms with E-state index in [2.05, 4.69) is 5.32 Å². The molecule has 0 bridgehead atoms. The first-order valence-corrected chi connectivity index (χ1v) is 11.5. The average molecular weight is 489 g/mol. The van der Waals surface area contributed by atoms with Gasteiger partial charge in [-0.2, -0.15) is 0 Å². The topological polar surface area (TPSA) is 86.7 Å². The molecule has 0 saturated carbocycles. The summed E-state index contributed by atoms with van der Waals surface area (Å²) in [5.74, 6) is -1.11. The van der Waals surface area contributed by atoms with Gasteiger partial charge in [-0.3, -0.25) is 19.3 Å². The van der Waals surface area contributed by atoms with Crippen molar-refractivity contribution in [2.45, 2.75) is 38.5 Å². The van der Waals surface area contributed by atoms with Crippen LogP contribution in [0.3, 0.4) is 0 Å². The van der Waals surface area contributed by atoms with Crippen molar-refractivity contribution in [3.05, 3.63) is 38.7 Å². The van der Waals surface area contributed by atoms with Crippen LogP contribution in [0.25, 0.3) is 6.08 Å². The molecule has 1 aromatic carbocycles. The summed E-state index contributed by atoms with van der Waals surface area (Å²) >= 11 is 18.7. The van der Waals surface area contributed by atoms with Crippen LogP contribution in [-0.4, -0.2) is 45.2 Å². The lowest BCUT2D eigenvalue weighted by atomic mass is 10.2. The highest BCUT2D eigenvalue weighted by Crippen LogP contribution is 2.35. The van der Waals surface area contributed by atoms with Gasteiger partial charge in [0.05, 0.1) is 15.0 Å². The first-order valence-electron chi connectivity index (χ1n) is 9.47. The molecule has 1 aliphatic rings. The maximum Gasteiger partial charge on any atom is 0.303 e. The van der Waals surface area contributed by atoms with Crippen LogP contribution in [0.2, 0.25) is 10.0 Å². The Labute approximate surface area is 195 Å². The summed E-state index contributed by atoms with van der Waals surface area (Å²) in [4.78, 5) is 36.9. The molecule has 1 fully saturated rings. The predicted molar refractivity (Wildman–Crippen MR) is 125 cm³/mol. The lowest BCUT2D eigenvalue weighted by molar-refractivity contribution is -0.137. The number of rotatable bonds is 11. The second-order valence-corrected chi connectivity index (χ2v) is 9.10. The fourth-order valence-corrected chi connectivity index (χ4v) is 4.42. The van der Waals surface area contributed by atoms with Crippen molar-refractivity contribution in [3.63, 3.8) is 0 Å². The number of carboxylic acid groups (broad SMARTS) is 1. The minimum Gasteiger partial charge on any atom is -0.481 e. The molecule has 2 rings (SSSR count). The van der Waals surface area contributed by atoms with Gasteiger partial charge in [0, 0.05) is 25.9 Å². The van der Waals surface area contributed by atoms with E-state index in [0.29, 0.717) is 50.8 Å². The van der Waals surface area contributed by atoms with E-state index >= 15 is 0 Å². The third-order valence-electron chi connectivity index (χ3n) is 4.32. The first-order chi connectivity index (χ1) is 14.3. The Bertz CT molecular complexity index is 861. The Hall–Kier alpha value is -1.61. The van der Waals surface area contributed by atoms with E-state index in [9.17, 15) is 14.4 Å². The lowest BCUT2D eigenvalue weighted by Crippen LogP contribution is -2.30. The summed E-state index contributed by atoms with van der Waals surface area (Å²) in [5.41, 5.74) is 0.646. The molecule has 0 spiro atoms. The van der Waals surface area contributed by atoms with Crippen molar-refractivity contribution >= 4 is 75.4 Å². The van der Waals surface area contributed by atoms with Crippen LogP contribution in [0.4, 0.5) is 0 Å². The number of thioether (sulfide) groups is 1. The lowest BCUT2D eigenvalue weighted by Gasteiger charge is -2.14. The average Bonchev–Trinajstić information content (AvgIpc) is 2.95. The van der Waals surface area contributed by atoms with E-state index in [-0.39, 0.29) is 24.7 Å². The summed E-state index contributed by atoms with van der Waals surface area (Å²) < 4.78 is 0.447. The van der Waals surface area contributed by atoms with Crippen LogP contribution in [0.5, 0.6) is 0 Å². The largest absolute Gasteiger partial charge is 0.481 e. The normalized spacial score (nSPS) is 15.1. The van der Waals surface area contributed by atoms with Gasteiger partial charge in [-0.15, -0.1) is 0 Å². The van der Waals surface area contributed by atoms with Gasteiger partial charge >= 0.3 is 5.97 Å². The third kappa shape index (κ3) is 7.58. The molecule has 0 atom stereocenters. The monoisotopic (exact) mass is 488 g/mol. The molecule has 2 N–H and O–H groups in total. The van der Waals surface area contributed by atoms with Gasteiger partial charge in [0.15, 0.2) is 0 Å². The van der Waals surface area contributed by atoms with Crippen molar-refractivity contribution in [2.75, 3.05) is 13.1 Å². The fourth-order valence-electron chi connectivity index (χ4n) is 2.76. The molecule has 30 heavy (non-hydrogen) atoms. The molecule has 10 heteroatoms. The molecule has 1 saturated heterocycles. The van der Waals surface area contributed by atoms with Gasteiger partial charge in [0.2, 0.25) is 5.91 Å². The van der Waals surface area contributed by atoms with Gasteiger partial charge in [0.25, 0.3) is 5.91 Å². The van der Waals surface area contributed by atoms with Crippen molar-refractivity contribution in [2.24, 2.45) is 0 Å². The summed E-state index contributed by atoms with van der Waals surface area (Å²) in [6, 6.07) is 5.20. The minimum atomic E-state index is -0.805. The summed E-state index contributed by atoms with van der Waals surface area (Å²) in [7, 11) is 0. The van der Waals surface area contributed by atoms with Crippen LogP contribution < -0.4 is 5.32 Å². The van der Waals surface area contributed by atoms with Crippen molar-refractivity contribution in [3.8, 4) is 0 Å². The number of carbonyl (C=O) groups excluding carboxylic acids is 2. The standard InChI is InChI=1S/C20H22Cl2N2O4S2/c21-14-7-4-6-13(18(14)22)12-15-19(28)24(20(29)30-15)11-5-8-16(25)23-10-3-1-2-9-17(26)27/h4,6-7,12H,1-3,5,8-11H2,(H,23,25)(H,26,27)/b15-12-. The van der Waals surface area contributed by atoms with Gasteiger partial charge in [0.1, 0.15) is 4.32 Å². The molecule has 1 aromatic rings. The number of hydrogen-bond donors (Lipinski definition) is 2. The van der Waals surface area contributed by atoms with Crippen LogP contribution in [-0.2, 0) is 14.4 Å². The predicted octanol–water partition coefficient (Wildman–Crippen LogP) is 4.74. The van der Waals surface area contributed by atoms with Crippen molar-refractivity contribution in [1.29, 1.82) is 0 Å². The van der Waals surface area contributed by atoms with E-state index in [0.717, 1.165) is 12.8 Å². The molecular weight excluding hydrogens is 467 g/mol. The highest BCUT2D eigenvalue weighted by Gasteiger charge is 2.31. The van der Waals surface area contributed by atoms with Gasteiger partial charge < -0.3 is 10.4 Å². The smallest absolute Gasteiger partial charge is 0.303 e. The zero-order valence-corrected chi connectivity index (χ0v) is 19.3. The Morgan fingerprint density at radius 2 is 1.93 bits per heavy atom. The highest BCUT2D eigenvalue weighted by atomic mass is 35.5. The number of amides is 2. The quantitative estimate of drug-likeness (QED) is 0.265. The number of nitrogens with zero attached hydrogens (tertiary/aromatic N) is 1. The molecular formula is C20H22Cl2N2O4S2. The SMILES string of the molecule is O=C(O)CCCCCNC(=O)CCCN1C(=O)/C(=C/c2cccc(Cl)c2Cl)SC1=S. The zero-order valence-electron chi connectivity index (χ0n) is 16.2. The summed E-state index contributed by atoms with van der Waals surface area (Å²) in [6.07, 6.45) is 4.69. The second kappa shape index (κ2) is 12.3. The van der Waals surface area contributed by atoms with Crippen molar-refractivity contribution in [1.82, 2.24) is 10.2 Å². The van der Waals surface area contributed by atoms with Gasteiger partial charge in [-0.1, -0.05) is 65.7 Å². The van der Waals surface area contributed by atoms with E-state index in [1.807, 2.05) is 0 Å². The number of carboxylic acids is 1. The fraction of sp³-hybridized carbons (Fsp3) is 0.400. The number of hydrogen-bond acceptors (Lipinski definition) is 5. The summed E-state index contributed by atoms with van der Waals surface area (Å²) in [6.45, 7) is 0.875. The number of benzene rings is 1. The zero-order chi connectivity index (χ0) is 22.1. The number of unbranched alkanes of at least 4 members (excludes halogenated alkanes) is 2. The molecule has 0 radical (unpaired) electrons. The number of thiocarbonyl (C=S) groups is 1. The van der Waals surface area contributed by atoms with Crippen LogP contribution in [0, 0.1) is 0 Å². The third-order valence-corrected chi connectivity index (χ3v) is 6.53. The number of halogens is 2. The molecule has 0 aliphatic carbocycles. The summed E-state index contributed by atoms with van der Waals surface area (Å²) in [5, 5.41) is 12.2. The highest BCUT2D eigenvalue weighted by molar-refractivity contribution is 8.26. The van der Waals surface area contributed by atoms with E-state index in [1.165, 1.54) is 16.7 Å². The van der Waals surface area contributed by atoms with E-state index in [1.54, 1.807) is 24.3 Å². The molecule has 2 amide bonds. The van der Waals surface area contributed by atoms with Crippen LogP contribution in [0.1, 0.15) is 44.1 Å². The van der Waals surface area contributed by atoms with E-state index < -0.39 is 5.97 Å². The van der Waals surface area contributed by atoms with Crippen molar-refractivity contribution < 1.29 is 19.5 Å². The van der Waals surface area contributed by atoms with Crippen LogP contribution in [0.15, 0.2) is 23.1 Å². The van der Waals surface area contributed by atoms with E-state index in [4.69, 9.17) is 40.5 Å². The Balaban J connectivity index is 1.75. The van der Waals surface area contributed by atoms with Crippen LogP contribution >= 0.6 is 47.2 Å². The molecule has 0 aromatic heterocycles. The molecule has 1 heterocycles. The maximum absolute atomic E-state index is 12.6. The number of carbonyl (C=O) groups is 3. The molecule has 162 valence electrons. The molecule has 0 unspecified atom stereocenters. The minimum absolute atomic E-state index is 0.0973. The van der Waals surface area contributed by atoms with Gasteiger partial charge in [-0.25, -0.2) is 0 Å². The molecule has 1 aliphatic heterocycles. The second-order valence-electron chi connectivity index (χ2n) is 6.63.